The Morgan fingerprint density at radius 3 is 2.66 bits per heavy atom. The first kappa shape index (κ1) is 19.3. The van der Waals surface area contributed by atoms with Crippen molar-refractivity contribution in [3.8, 4) is 0 Å². The van der Waals surface area contributed by atoms with Gasteiger partial charge in [0.1, 0.15) is 0 Å². The van der Waals surface area contributed by atoms with Gasteiger partial charge in [-0.25, -0.2) is 4.98 Å². The third-order valence-electron chi connectivity index (χ3n) is 5.42. The summed E-state index contributed by atoms with van der Waals surface area (Å²) in [6, 6.07) is 11.6. The third kappa shape index (κ3) is 3.65. The average Bonchev–Trinajstić information content (AvgIpc) is 2.72. The molecule has 7 heteroatoms. The molecule has 1 saturated heterocycles. The molecule has 3 aromatic rings. The minimum absolute atomic E-state index is 0.0344. The fraction of sp³-hybridized carbons (Fsp3) is 0.364. The van der Waals surface area contributed by atoms with Crippen molar-refractivity contribution in [3.05, 3.63) is 57.9 Å². The number of hydrogen-bond acceptors (Lipinski definition) is 6. The molecule has 1 atom stereocenters. The second-order valence-electron chi connectivity index (χ2n) is 7.58. The number of aryl methyl sites for hydroxylation is 1. The van der Waals surface area contributed by atoms with Crippen LogP contribution in [0, 0.1) is 6.92 Å². The summed E-state index contributed by atoms with van der Waals surface area (Å²) in [5.74, 6) is 0.683. The van der Waals surface area contributed by atoms with Crippen LogP contribution in [-0.4, -0.2) is 35.9 Å². The van der Waals surface area contributed by atoms with Crippen molar-refractivity contribution in [2.45, 2.75) is 19.9 Å². The van der Waals surface area contributed by atoms with Crippen LogP contribution in [0.3, 0.4) is 0 Å². The Balaban J connectivity index is 1.83. The van der Waals surface area contributed by atoms with Gasteiger partial charge < -0.3 is 20.7 Å². The number of nitrogens with one attached hydrogen (secondary N) is 1. The van der Waals surface area contributed by atoms with Crippen molar-refractivity contribution in [1.82, 2.24) is 9.55 Å². The number of anilines is 3. The molecule has 3 N–H and O–H groups in total. The molecule has 7 nitrogen and oxygen atoms in total. The van der Waals surface area contributed by atoms with Crippen LogP contribution in [-0.2, 0) is 11.8 Å². The quantitative estimate of drug-likeness (QED) is 0.663. The van der Waals surface area contributed by atoms with Gasteiger partial charge in [-0.15, -0.1) is 0 Å². The van der Waals surface area contributed by atoms with Crippen molar-refractivity contribution < 1.29 is 4.74 Å². The number of nitrogens with zero attached hydrogens (tertiary/aromatic N) is 3. The molecule has 0 amide bonds. The molecular formula is C22H27N5O2. The van der Waals surface area contributed by atoms with Gasteiger partial charge in [0, 0.05) is 25.7 Å². The minimum atomic E-state index is -0.0701. The zero-order valence-corrected chi connectivity index (χ0v) is 17.1. The van der Waals surface area contributed by atoms with Crippen LogP contribution in [0.15, 0.2) is 41.2 Å². The van der Waals surface area contributed by atoms with Crippen LogP contribution >= 0.6 is 0 Å². The van der Waals surface area contributed by atoms with Crippen LogP contribution in [0.5, 0.6) is 0 Å². The molecular weight excluding hydrogens is 366 g/mol. The van der Waals surface area contributed by atoms with Crippen LogP contribution < -0.4 is 21.5 Å². The standard InChI is InChI=1S/C22H27N5O2/c1-14-12-16(15(2)24-19-7-5-4-6-18(19)23)20-17(13-14)21(28)26(3)22(25-20)27-8-10-29-11-9-27/h4-7,12-13,15,24H,8-11,23H2,1-3H3/t15-/m1/s1. The smallest absolute Gasteiger partial charge is 0.262 e. The van der Waals surface area contributed by atoms with E-state index in [9.17, 15) is 4.79 Å². The van der Waals surface area contributed by atoms with Crippen molar-refractivity contribution in [2.24, 2.45) is 7.05 Å². The van der Waals surface area contributed by atoms with E-state index in [1.165, 1.54) is 0 Å². The summed E-state index contributed by atoms with van der Waals surface area (Å²) in [4.78, 5) is 20.2. The fourth-order valence-corrected chi connectivity index (χ4v) is 3.86. The van der Waals surface area contributed by atoms with Gasteiger partial charge in [-0.1, -0.05) is 18.2 Å². The summed E-state index contributed by atoms with van der Waals surface area (Å²) in [7, 11) is 1.79. The lowest BCUT2D eigenvalue weighted by atomic mass is 10.0. The van der Waals surface area contributed by atoms with E-state index in [-0.39, 0.29) is 11.6 Å². The highest BCUT2D eigenvalue weighted by Gasteiger charge is 2.21. The number of rotatable bonds is 4. The normalized spacial score (nSPS) is 15.5. The highest BCUT2D eigenvalue weighted by atomic mass is 16.5. The van der Waals surface area contributed by atoms with Gasteiger partial charge in [0.25, 0.3) is 5.56 Å². The van der Waals surface area contributed by atoms with Crippen molar-refractivity contribution in [2.75, 3.05) is 42.3 Å². The highest BCUT2D eigenvalue weighted by Crippen LogP contribution is 2.29. The van der Waals surface area contributed by atoms with E-state index in [0.717, 1.165) is 35.4 Å². The van der Waals surface area contributed by atoms with E-state index in [4.69, 9.17) is 15.5 Å². The van der Waals surface area contributed by atoms with Gasteiger partial charge in [0.15, 0.2) is 0 Å². The molecule has 0 radical (unpaired) electrons. The molecule has 0 unspecified atom stereocenters. The number of hydrogen-bond donors (Lipinski definition) is 2. The minimum Gasteiger partial charge on any atom is -0.397 e. The molecule has 1 aliphatic heterocycles. The average molecular weight is 393 g/mol. The zero-order chi connectivity index (χ0) is 20.5. The molecule has 0 aliphatic carbocycles. The molecule has 152 valence electrons. The predicted octanol–water partition coefficient (Wildman–Crippen LogP) is 2.83. The Bertz CT molecular complexity index is 1100. The molecule has 1 aromatic heterocycles. The topological polar surface area (TPSA) is 85.4 Å². The van der Waals surface area contributed by atoms with Crippen LogP contribution in [0.2, 0.25) is 0 Å². The number of morpholine rings is 1. The first-order valence-electron chi connectivity index (χ1n) is 9.90. The van der Waals surface area contributed by atoms with Crippen LogP contribution in [0.25, 0.3) is 10.9 Å². The van der Waals surface area contributed by atoms with E-state index >= 15 is 0 Å². The number of nitrogens with two attached hydrogens (primary N) is 1. The van der Waals surface area contributed by atoms with Gasteiger partial charge in [-0.05, 0) is 37.6 Å². The Morgan fingerprint density at radius 1 is 1.21 bits per heavy atom. The Morgan fingerprint density at radius 2 is 1.93 bits per heavy atom. The van der Waals surface area contributed by atoms with Crippen molar-refractivity contribution in [1.29, 1.82) is 0 Å². The fourth-order valence-electron chi connectivity index (χ4n) is 3.86. The second kappa shape index (κ2) is 7.75. The summed E-state index contributed by atoms with van der Waals surface area (Å²) >= 11 is 0. The summed E-state index contributed by atoms with van der Waals surface area (Å²) < 4.78 is 7.10. The predicted molar refractivity (Wildman–Crippen MR) is 118 cm³/mol. The number of ether oxygens (including phenoxy) is 1. The van der Waals surface area contributed by atoms with Gasteiger partial charge in [-0.2, -0.15) is 0 Å². The third-order valence-corrected chi connectivity index (χ3v) is 5.42. The largest absolute Gasteiger partial charge is 0.397 e. The van der Waals surface area contributed by atoms with Crippen molar-refractivity contribution >= 4 is 28.2 Å². The number of fused-ring (bicyclic) bond motifs is 1. The maximum Gasteiger partial charge on any atom is 0.262 e. The first-order valence-corrected chi connectivity index (χ1v) is 9.90. The number of benzene rings is 2. The maximum atomic E-state index is 13.2. The maximum absolute atomic E-state index is 13.2. The number of nitrogen functional groups attached to an aromatic ring is 1. The van der Waals surface area contributed by atoms with Gasteiger partial charge in [0.2, 0.25) is 5.95 Å². The lowest BCUT2D eigenvalue weighted by Crippen LogP contribution is -2.40. The molecule has 1 aliphatic rings. The Labute approximate surface area is 170 Å². The Kier molecular flexibility index (Phi) is 5.15. The number of para-hydroxylation sites is 2. The van der Waals surface area contributed by atoms with E-state index < -0.39 is 0 Å². The van der Waals surface area contributed by atoms with E-state index in [1.54, 1.807) is 11.6 Å². The van der Waals surface area contributed by atoms with Gasteiger partial charge >= 0.3 is 0 Å². The molecule has 0 bridgehead atoms. The monoisotopic (exact) mass is 393 g/mol. The van der Waals surface area contributed by atoms with E-state index in [2.05, 4.69) is 23.2 Å². The summed E-state index contributed by atoms with van der Waals surface area (Å²) in [6.45, 7) is 6.79. The summed E-state index contributed by atoms with van der Waals surface area (Å²) in [6.07, 6.45) is 0. The molecule has 4 rings (SSSR count). The first-order chi connectivity index (χ1) is 14.0. The van der Waals surface area contributed by atoms with Crippen LogP contribution in [0.1, 0.15) is 24.1 Å². The lowest BCUT2D eigenvalue weighted by molar-refractivity contribution is 0.121. The molecule has 2 aromatic carbocycles. The molecule has 1 fully saturated rings. The van der Waals surface area contributed by atoms with E-state index in [0.29, 0.717) is 30.2 Å². The highest BCUT2D eigenvalue weighted by molar-refractivity contribution is 5.84. The van der Waals surface area contributed by atoms with Gasteiger partial charge in [0.05, 0.1) is 41.5 Å². The second-order valence-corrected chi connectivity index (χ2v) is 7.58. The zero-order valence-electron chi connectivity index (χ0n) is 17.1. The van der Waals surface area contributed by atoms with Crippen LogP contribution in [0.4, 0.5) is 17.3 Å². The van der Waals surface area contributed by atoms with E-state index in [1.807, 2.05) is 37.3 Å². The number of aromatic nitrogens is 2. The molecule has 2 heterocycles. The Hall–Kier alpha value is -3.06. The molecule has 0 spiro atoms. The molecule has 0 saturated carbocycles. The molecule has 29 heavy (non-hydrogen) atoms. The summed E-state index contributed by atoms with van der Waals surface area (Å²) in [5.41, 5.74) is 10.4. The lowest BCUT2D eigenvalue weighted by Gasteiger charge is -2.29. The van der Waals surface area contributed by atoms with Gasteiger partial charge in [-0.3, -0.25) is 9.36 Å². The SMILES string of the molecule is Cc1cc([C@@H](C)Nc2ccccc2N)c2nc(N3CCOCC3)n(C)c(=O)c2c1. The van der Waals surface area contributed by atoms with Crippen molar-refractivity contribution in [3.63, 3.8) is 0 Å². The summed E-state index contributed by atoms with van der Waals surface area (Å²) in [5, 5.41) is 4.10.